The third-order valence-corrected chi connectivity index (χ3v) is 3.00. The Labute approximate surface area is 119 Å². The highest BCUT2D eigenvalue weighted by Crippen LogP contribution is 2.26. The van der Waals surface area contributed by atoms with Crippen LogP contribution in [0.5, 0.6) is 0 Å². The zero-order valence-corrected chi connectivity index (χ0v) is 11.8. The Morgan fingerprint density at radius 2 is 2.00 bits per heavy atom. The van der Waals surface area contributed by atoms with Crippen LogP contribution in [0.15, 0.2) is 12.4 Å². The van der Waals surface area contributed by atoms with Gasteiger partial charge in [0.1, 0.15) is 17.7 Å². The van der Waals surface area contributed by atoms with Crippen molar-refractivity contribution in [3.8, 4) is 0 Å². The first-order chi connectivity index (χ1) is 9.02. The minimum atomic E-state index is -0.360. The van der Waals surface area contributed by atoms with Gasteiger partial charge in [0, 0.05) is 6.54 Å². The summed E-state index contributed by atoms with van der Waals surface area (Å²) in [5.41, 5.74) is 1.38. The number of carbonyl (C=O) groups excluding carboxylic acids is 1. The summed E-state index contributed by atoms with van der Waals surface area (Å²) in [6.45, 7) is 4.30. The van der Waals surface area contributed by atoms with Gasteiger partial charge in [0.25, 0.3) is 5.91 Å². The van der Waals surface area contributed by atoms with E-state index in [-0.39, 0.29) is 21.9 Å². The van der Waals surface area contributed by atoms with E-state index < -0.39 is 0 Å². The molecule has 1 amide bonds. The fourth-order valence-corrected chi connectivity index (χ4v) is 2.00. The summed E-state index contributed by atoms with van der Waals surface area (Å²) in [6.07, 6.45) is 1.22. The minimum absolute atomic E-state index is 0.0904. The Hall–Kier alpha value is -1.66. The number of amides is 1. The predicted octanol–water partition coefficient (Wildman–Crippen LogP) is 2.56. The fourth-order valence-electron chi connectivity index (χ4n) is 1.59. The summed E-state index contributed by atoms with van der Waals surface area (Å²) in [6, 6.07) is 1.68. The summed E-state index contributed by atoms with van der Waals surface area (Å²) in [4.78, 5) is 19.7. The van der Waals surface area contributed by atoms with E-state index in [0.717, 1.165) is 5.69 Å². The molecule has 19 heavy (non-hydrogen) atoms. The van der Waals surface area contributed by atoms with Crippen LogP contribution in [0.1, 0.15) is 23.1 Å². The molecular weight excluding hydrogens is 289 g/mol. The molecule has 0 spiro atoms. The number of nitrogens with zero attached hydrogens (tertiary/aromatic N) is 4. The molecule has 2 aromatic heterocycles. The van der Waals surface area contributed by atoms with E-state index in [1.807, 2.05) is 13.8 Å². The van der Waals surface area contributed by atoms with Gasteiger partial charge in [-0.15, -0.1) is 0 Å². The maximum Gasteiger partial charge on any atom is 0.274 e. The zero-order chi connectivity index (χ0) is 14.0. The Morgan fingerprint density at radius 1 is 1.37 bits per heavy atom. The van der Waals surface area contributed by atoms with E-state index in [1.165, 1.54) is 6.33 Å². The smallest absolute Gasteiger partial charge is 0.274 e. The molecule has 0 radical (unpaired) electrons. The summed E-state index contributed by atoms with van der Waals surface area (Å²) in [5, 5.41) is 6.97. The maximum atomic E-state index is 12.2. The zero-order valence-electron chi connectivity index (χ0n) is 10.3. The number of anilines is 1. The lowest BCUT2D eigenvalue weighted by Gasteiger charge is -2.08. The molecule has 0 aliphatic rings. The first kappa shape index (κ1) is 13.8. The fraction of sp³-hybridized carbons (Fsp3) is 0.273. The molecule has 100 valence electrons. The number of aromatic nitrogens is 4. The van der Waals surface area contributed by atoms with Gasteiger partial charge in [0.2, 0.25) is 0 Å². The largest absolute Gasteiger partial charge is 0.315 e. The maximum absolute atomic E-state index is 12.2. The van der Waals surface area contributed by atoms with Gasteiger partial charge in [0.05, 0.1) is 5.69 Å². The normalized spacial score (nSPS) is 10.5. The van der Waals surface area contributed by atoms with E-state index >= 15 is 0 Å². The lowest BCUT2D eigenvalue weighted by atomic mass is 10.3. The molecule has 2 aromatic rings. The quantitative estimate of drug-likeness (QED) is 0.884. The molecule has 0 aromatic carbocycles. The van der Waals surface area contributed by atoms with Crippen molar-refractivity contribution in [2.45, 2.75) is 20.4 Å². The lowest BCUT2D eigenvalue weighted by Crippen LogP contribution is -2.18. The molecular formula is C11H11Cl2N5O. The van der Waals surface area contributed by atoms with Gasteiger partial charge in [-0.1, -0.05) is 23.2 Å². The second kappa shape index (κ2) is 5.54. The first-order valence-corrected chi connectivity index (χ1v) is 6.30. The molecule has 2 heterocycles. The second-order valence-corrected chi connectivity index (χ2v) is 4.49. The Balaban J connectivity index is 2.31. The molecule has 0 atom stereocenters. The van der Waals surface area contributed by atoms with E-state index in [2.05, 4.69) is 20.4 Å². The van der Waals surface area contributed by atoms with Crippen molar-refractivity contribution in [2.75, 3.05) is 5.32 Å². The topological polar surface area (TPSA) is 72.7 Å². The van der Waals surface area contributed by atoms with Gasteiger partial charge in [-0.2, -0.15) is 5.10 Å². The van der Waals surface area contributed by atoms with E-state index in [9.17, 15) is 4.79 Å². The summed E-state index contributed by atoms with van der Waals surface area (Å²) < 4.78 is 1.59. The monoisotopic (exact) mass is 299 g/mol. The van der Waals surface area contributed by atoms with Crippen LogP contribution in [0.25, 0.3) is 0 Å². The molecule has 0 unspecified atom stereocenters. The van der Waals surface area contributed by atoms with Gasteiger partial charge in [-0.25, -0.2) is 9.97 Å². The number of halogens is 2. The van der Waals surface area contributed by atoms with Crippen molar-refractivity contribution in [1.82, 2.24) is 19.7 Å². The molecule has 1 N–H and O–H groups in total. The molecule has 2 rings (SSSR count). The third kappa shape index (κ3) is 2.85. The predicted molar refractivity (Wildman–Crippen MR) is 72.6 cm³/mol. The number of rotatable bonds is 3. The van der Waals surface area contributed by atoms with Gasteiger partial charge < -0.3 is 5.32 Å². The van der Waals surface area contributed by atoms with Gasteiger partial charge in [0.15, 0.2) is 10.3 Å². The number of hydrogen-bond acceptors (Lipinski definition) is 4. The molecule has 0 aliphatic heterocycles. The van der Waals surface area contributed by atoms with Crippen molar-refractivity contribution >= 4 is 34.8 Å². The van der Waals surface area contributed by atoms with Crippen LogP contribution in [0, 0.1) is 6.92 Å². The second-order valence-electron chi connectivity index (χ2n) is 3.77. The molecule has 6 nitrogen and oxygen atoms in total. The van der Waals surface area contributed by atoms with Crippen LogP contribution in [-0.4, -0.2) is 25.7 Å². The standard InChI is InChI=1S/C11H11Cl2N5O/c1-3-18-7(4-6(2)17-18)11(19)16-8-9(12)14-5-15-10(8)13/h4-5H,3H2,1-2H3,(H,16,19). The van der Waals surface area contributed by atoms with Crippen LogP contribution >= 0.6 is 23.2 Å². The summed E-state index contributed by atoms with van der Waals surface area (Å²) >= 11 is 11.7. The highest BCUT2D eigenvalue weighted by Gasteiger charge is 2.17. The van der Waals surface area contributed by atoms with Gasteiger partial charge in [-0.05, 0) is 19.9 Å². The van der Waals surface area contributed by atoms with Crippen LogP contribution in [0.3, 0.4) is 0 Å². The molecule has 0 aliphatic carbocycles. The average Bonchev–Trinajstić information content (AvgIpc) is 2.75. The van der Waals surface area contributed by atoms with E-state index in [0.29, 0.717) is 12.2 Å². The number of carbonyl (C=O) groups is 1. The number of hydrogen-bond donors (Lipinski definition) is 1. The Kier molecular flexibility index (Phi) is 4.01. The first-order valence-electron chi connectivity index (χ1n) is 5.54. The van der Waals surface area contributed by atoms with Crippen molar-refractivity contribution < 1.29 is 4.79 Å². The van der Waals surface area contributed by atoms with Crippen LogP contribution < -0.4 is 5.32 Å². The van der Waals surface area contributed by atoms with E-state index in [1.54, 1.807) is 10.7 Å². The minimum Gasteiger partial charge on any atom is -0.315 e. The molecule has 0 fully saturated rings. The molecule has 0 saturated heterocycles. The van der Waals surface area contributed by atoms with Crippen LogP contribution in [0.2, 0.25) is 10.3 Å². The average molecular weight is 300 g/mol. The highest BCUT2D eigenvalue weighted by molar-refractivity contribution is 6.38. The highest BCUT2D eigenvalue weighted by atomic mass is 35.5. The number of nitrogens with one attached hydrogen (secondary N) is 1. The number of aryl methyl sites for hydroxylation is 2. The molecule has 0 bridgehead atoms. The van der Waals surface area contributed by atoms with Crippen LogP contribution in [-0.2, 0) is 6.54 Å². The van der Waals surface area contributed by atoms with Crippen molar-refractivity contribution in [2.24, 2.45) is 0 Å². The van der Waals surface area contributed by atoms with Crippen molar-refractivity contribution in [3.63, 3.8) is 0 Å². The van der Waals surface area contributed by atoms with Gasteiger partial charge >= 0.3 is 0 Å². The summed E-state index contributed by atoms with van der Waals surface area (Å²) in [7, 11) is 0. The lowest BCUT2D eigenvalue weighted by molar-refractivity contribution is 0.101. The summed E-state index contributed by atoms with van der Waals surface area (Å²) in [5.74, 6) is -0.360. The SMILES string of the molecule is CCn1nc(C)cc1C(=O)Nc1c(Cl)ncnc1Cl. The molecule has 0 saturated carbocycles. The third-order valence-electron chi connectivity index (χ3n) is 2.43. The van der Waals surface area contributed by atoms with Crippen molar-refractivity contribution in [1.29, 1.82) is 0 Å². The molecule has 8 heteroatoms. The van der Waals surface area contributed by atoms with E-state index in [4.69, 9.17) is 23.2 Å². The van der Waals surface area contributed by atoms with Crippen LogP contribution in [0.4, 0.5) is 5.69 Å². The Bertz CT molecular complexity index is 605. The van der Waals surface area contributed by atoms with Crippen molar-refractivity contribution in [3.05, 3.63) is 34.1 Å². The Morgan fingerprint density at radius 3 is 2.58 bits per heavy atom. The van der Waals surface area contributed by atoms with Gasteiger partial charge in [-0.3, -0.25) is 9.48 Å².